The van der Waals surface area contributed by atoms with E-state index in [-0.39, 0.29) is 23.2 Å². The summed E-state index contributed by atoms with van der Waals surface area (Å²) in [6.45, 7) is 6.01. The molecule has 27 heavy (non-hydrogen) atoms. The third kappa shape index (κ3) is 7.21. The Balaban J connectivity index is 0.00000364. The largest absolute Gasteiger partial charge is 0.351 e. The number of carbonyl (C=O) groups excluding carboxylic acids is 1. The molecular formula is C19H26ClN3O3S. The molecule has 0 bridgehead atoms. The summed E-state index contributed by atoms with van der Waals surface area (Å²) in [5.41, 5.74) is 1.75. The van der Waals surface area contributed by atoms with E-state index in [0.29, 0.717) is 24.3 Å². The zero-order valence-electron chi connectivity index (χ0n) is 15.5. The number of rotatable bonds is 9. The first-order chi connectivity index (χ1) is 12.4. The lowest BCUT2D eigenvalue weighted by Gasteiger charge is -2.10. The number of nitrogens with one attached hydrogen (secondary N) is 3. The van der Waals surface area contributed by atoms with Crippen molar-refractivity contribution in [3.8, 4) is 0 Å². The normalized spacial score (nSPS) is 10.7. The van der Waals surface area contributed by atoms with E-state index >= 15 is 0 Å². The molecule has 0 saturated heterocycles. The second-order valence-corrected chi connectivity index (χ2v) is 7.69. The molecule has 8 heteroatoms. The van der Waals surface area contributed by atoms with Gasteiger partial charge in [-0.1, -0.05) is 25.1 Å². The second-order valence-electron chi connectivity index (χ2n) is 6.01. The molecule has 0 radical (unpaired) electrons. The molecule has 148 valence electrons. The summed E-state index contributed by atoms with van der Waals surface area (Å²) in [4.78, 5) is 12.3. The third-order valence-corrected chi connectivity index (χ3v) is 5.07. The van der Waals surface area contributed by atoms with Crippen molar-refractivity contribution >= 4 is 34.0 Å². The summed E-state index contributed by atoms with van der Waals surface area (Å²) in [5.74, 6) is -0.295. The van der Waals surface area contributed by atoms with E-state index in [2.05, 4.69) is 22.3 Å². The Morgan fingerprint density at radius 3 is 2.44 bits per heavy atom. The number of aryl methyl sites for hydroxylation is 1. The lowest BCUT2D eigenvalue weighted by molar-refractivity contribution is 0.0953. The molecule has 2 rings (SSSR count). The van der Waals surface area contributed by atoms with Gasteiger partial charge in [-0.3, -0.25) is 9.52 Å². The molecule has 0 aromatic heterocycles. The summed E-state index contributed by atoms with van der Waals surface area (Å²) < 4.78 is 27.7. The van der Waals surface area contributed by atoms with Crippen molar-refractivity contribution in [3.63, 3.8) is 0 Å². The SMILES string of the molecule is CCCNCCNC(=O)c1cccc(S(=O)(=O)Nc2cccc(C)c2)c1.Cl. The predicted molar refractivity (Wildman–Crippen MR) is 111 cm³/mol. The fourth-order valence-corrected chi connectivity index (χ4v) is 3.49. The van der Waals surface area contributed by atoms with E-state index in [1.165, 1.54) is 12.1 Å². The summed E-state index contributed by atoms with van der Waals surface area (Å²) in [6, 6.07) is 13.1. The first-order valence-electron chi connectivity index (χ1n) is 8.61. The number of carbonyl (C=O) groups is 1. The molecule has 2 aromatic carbocycles. The maximum Gasteiger partial charge on any atom is 0.261 e. The Labute approximate surface area is 167 Å². The molecule has 0 heterocycles. The van der Waals surface area contributed by atoms with E-state index in [0.717, 1.165) is 18.5 Å². The topological polar surface area (TPSA) is 87.3 Å². The molecule has 3 N–H and O–H groups in total. The van der Waals surface area contributed by atoms with Gasteiger partial charge in [0.05, 0.1) is 4.90 Å². The van der Waals surface area contributed by atoms with Crippen molar-refractivity contribution in [3.05, 3.63) is 59.7 Å². The Bertz CT molecular complexity index is 857. The summed E-state index contributed by atoms with van der Waals surface area (Å²) >= 11 is 0. The summed E-state index contributed by atoms with van der Waals surface area (Å²) in [7, 11) is -3.76. The molecule has 2 aromatic rings. The Kier molecular flexibility index (Phi) is 9.28. The number of hydrogen-bond donors (Lipinski definition) is 3. The van der Waals surface area contributed by atoms with Gasteiger partial charge in [-0.2, -0.15) is 0 Å². The highest BCUT2D eigenvalue weighted by Crippen LogP contribution is 2.18. The van der Waals surface area contributed by atoms with Gasteiger partial charge < -0.3 is 10.6 Å². The molecule has 1 amide bonds. The van der Waals surface area contributed by atoms with Gasteiger partial charge in [-0.05, 0) is 55.8 Å². The summed E-state index contributed by atoms with van der Waals surface area (Å²) in [6.07, 6.45) is 1.03. The van der Waals surface area contributed by atoms with Gasteiger partial charge >= 0.3 is 0 Å². The minimum Gasteiger partial charge on any atom is -0.351 e. The predicted octanol–water partition coefficient (Wildman–Crippen LogP) is 2.95. The monoisotopic (exact) mass is 411 g/mol. The summed E-state index contributed by atoms with van der Waals surface area (Å²) in [5, 5.41) is 5.97. The van der Waals surface area contributed by atoms with Crippen LogP contribution in [0, 0.1) is 6.92 Å². The quantitative estimate of drug-likeness (QED) is 0.553. The molecule has 0 aliphatic rings. The average molecular weight is 412 g/mol. The fourth-order valence-electron chi connectivity index (χ4n) is 2.40. The zero-order chi connectivity index (χ0) is 19.0. The van der Waals surface area contributed by atoms with Gasteiger partial charge in [0.1, 0.15) is 0 Å². The van der Waals surface area contributed by atoms with E-state index in [9.17, 15) is 13.2 Å². The van der Waals surface area contributed by atoms with Crippen LogP contribution in [0.1, 0.15) is 29.3 Å². The number of anilines is 1. The smallest absolute Gasteiger partial charge is 0.261 e. The van der Waals surface area contributed by atoms with Gasteiger partial charge in [-0.15, -0.1) is 12.4 Å². The molecular weight excluding hydrogens is 386 g/mol. The van der Waals surface area contributed by atoms with Gasteiger partial charge in [0, 0.05) is 24.3 Å². The lowest BCUT2D eigenvalue weighted by Crippen LogP contribution is -2.32. The minimum absolute atomic E-state index is 0. The van der Waals surface area contributed by atoms with Crippen LogP contribution in [0.2, 0.25) is 0 Å². The van der Waals surface area contributed by atoms with Crippen LogP contribution in [0.25, 0.3) is 0 Å². The highest BCUT2D eigenvalue weighted by atomic mass is 35.5. The second kappa shape index (κ2) is 10.9. The first kappa shape index (κ1) is 23.0. The Hall–Kier alpha value is -2.09. The van der Waals surface area contributed by atoms with E-state index in [1.807, 2.05) is 13.0 Å². The molecule has 0 aliphatic heterocycles. The van der Waals surface area contributed by atoms with Crippen LogP contribution < -0.4 is 15.4 Å². The maximum atomic E-state index is 12.6. The van der Waals surface area contributed by atoms with Gasteiger partial charge in [0.25, 0.3) is 15.9 Å². The van der Waals surface area contributed by atoms with Crippen LogP contribution in [0.15, 0.2) is 53.4 Å². The van der Waals surface area contributed by atoms with Crippen LogP contribution in [-0.4, -0.2) is 34.0 Å². The van der Waals surface area contributed by atoms with Crippen molar-refractivity contribution in [2.45, 2.75) is 25.2 Å². The minimum atomic E-state index is -3.76. The van der Waals surface area contributed by atoms with Crippen molar-refractivity contribution < 1.29 is 13.2 Å². The zero-order valence-corrected chi connectivity index (χ0v) is 17.1. The van der Waals surface area contributed by atoms with E-state index < -0.39 is 10.0 Å². The fraction of sp³-hybridized carbons (Fsp3) is 0.316. The Morgan fingerprint density at radius 2 is 1.74 bits per heavy atom. The molecule has 0 aliphatic carbocycles. The maximum absolute atomic E-state index is 12.6. The van der Waals surface area contributed by atoms with Crippen LogP contribution >= 0.6 is 12.4 Å². The standard InChI is InChI=1S/C19H25N3O3S.ClH/c1-3-10-20-11-12-21-19(23)16-7-5-9-18(14-16)26(24,25)22-17-8-4-6-15(2)13-17;/h4-9,13-14,20,22H,3,10-12H2,1-2H3,(H,21,23);1H. The van der Waals surface area contributed by atoms with Crippen molar-refractivity contribution in [2.24, 2.45) is 0 Å². The van der Waals surface area contributed by atoms with Crippen LogP contribution in [0.4, 0.5) is 5.69 Å². The van der Waals surface area contributed by atoms with E-state index in [1.54, 1.807) is 30.3 Å². The number of amides is 1. The molecule has 0 spiro atoms. The number of hydrogen-bond acceptors (Lipinski definition) is 4. The third-order valence-electron chi connectivity index (χ3n) is 3.69. The number of benzene rings is 2. The van der Waals surface area contributed by atoms with Gasteiger partial charge in [0.2, 0.25) is 0 Å². The number of halogens is 1. The van der Waals surface area contributed by atoms with Crippen molar-refractivity contribution in [1.29, 1.82) is 0 Å². The first-order valence-corrected chi connectivity index (χ1v) is 10.1. The van der Waals surface area contributed by atoms with Crippen molar-refractivity contribution in [1.82, 2.24) is 10.6 Å². The molecule has 6 nitrogen and oxygen atoms in total. The van der Waals surface area contributed by atoms with Crippen LogP contribution in [-0.2, 0) is 10.0 Å². The van der Waals surface area contributed by atoms with Gasteiger partial charge in [0.15, 0.2) is 0 Å². The Morgan fingerprint density at radius 1 is 1.00 bits per heavy atom. The molecule has 0 unspecified atom stereocenters. The van der Waals surface area contributed by atoms with Crippen LogP contribution in [0.5, 0.6) is 0 Å². The molecule has 0 saturated carbocycles. The van der Waals surface area contributed by atoms with Crippen molar-refractivity contribution in [2.75, 3.05) is 24.4 Å². The average Bonchev–Trinajstić information content (AvgIpc) is 2.61. The number of sulfonamides is 1. The lowest BCUT2D eigenvalue weighted by atomic mass is 10.2. The van der Waals surface area contributed by atoms with E-state index in [4.69, 9.17) is 0 Å². The highest BCUT2D eigenvalue weighted by Gasteiger charge is 2.16. The van der Waals surface area contributed by atoms with Gasteiger partial charge in [-0.25, -0.2) is 8.42 Å². The molecule has 0 fully saturated rings. The molecule has 0 atom stereocenters. The highest BCUT2D eigenvalue weighted by molar-refractivity contribution is 7.92. The van der Waals surface area contributed by atoms with Crippen LogP contribution in [0.3, 0.4) is 0 Å².